The van der Waals surface area contributed by atoms with Crippen molar-refractivity contribution in [3.05, 3.63) is 18.6 Å². The largest absolute Gasteiger partial charge is 0.356 e. The van der Waals surface area contributed by atoms with E-state index in [0.717, 1.165) is 22.8 Å². The SMILES string of the molecule is CCSCC1CCC(N(C)c2ncnc3[nH]ccc23)CC1. The van der Waals surface area contributed by atoms with E-state index in [0.29, 0.717) is 6.04 Å². The van der Waals surface area contributed by atoms with E-state index in [1.54, 1.807) is 6.33 Å². The number of aromatic amines is 1. The van der Waals surface area contributed by atoms with Gasteiger partial charge in [0.1, 0.15) is 17.8 Å². The Morgan fingerprint density at radius 2 is 2.10 bits per heavy atom. The van der Waals surface area contributed by atoms with Crippen molar-refractivity contribution in [1.29, 1.82) is 0 Å². The molecule has 2 aromatic heterocycles. The van der Waals surface area contributed by atoms with Gasteiger partial charge in [0.05, 0.1) is 5.39 Å². The molecule has 114 valence electrons. The third-order valence-electron chi connectivity index (χ3n) is 4.59. The first-order valence-electron chi connectivity index (χ1n) is 7.88. The van der Waals surface area contributed by atoms with Crippen LogP contribution in [0.1, 0.15) is 32.6 Å². The van der Waals surface area contributed by atoms with Gasteiger partial charge >= 0.3 is 0 Å². The molecule has 2 heterocycles. The molecule has 0 spiro atoms. The molecule has 21 heavy (non-hydrogen) atoms. The molecule has 4 nitrogen and oxygen atoms in total. The summed E-state index contributed by atoms with van der Waals surface area (Å²) in [6, 6.07) is 2.69. The quantitative estimate of drug-likeness (QED) is 0.914. The molecule has 1 aliphatic carbocycles. The monoisotopic (exact) mass is 304 g/mol. The van der Waals surface area contributed by atoms with Crippen molar-refractivity contribution in [3.63, 3.8) is 0 Å². The highest BCUT2D eigenvalue weighted by Gasteiger charge is 2.25. The zero-order valence-electron chi connectivity index (χ0n) is 12.9. The van der Waals surface area contributed by atoms with Crippen LogP contribution in [0.4, 0.5) is 5.82 Å². The summed E-state index contributed by atoms with van der Waals surface area (Å²) < 4.78 is 0. The fourth-order valence-electron chi connectivity index (χ4n) is 3.30. The maximum absolute atomic E-state index is 4.51. The lowest BCUT2D eigenvalue weighted by molar-refractivity contribution is 0.344. The van der Waals surface area contributed by atoms with Crippen LogP contribution in [-0.2, 0) is 0 Å². The number of aromatic nitrogens is 3. The van der Waals surface area contributed by atoms with Gasteiger partial charge in [0.25, 0.3) is 0 Å². The minimum atomic E-state index is 0.612. The van der Waals surface area contributed by atoms with E-state index < -0.39 is 0 Å². The lowest BCUT2D eigenvalue weighted by Crippen LogP contribution is -2.36. The van der Waals surface area contributed by atoms with Crippen molar-refractivity contribution < 1.29 is 0 Å². The number of hydrogen-bond acceptors (Lipinski definition) is 4. The van der Waals surface area contributed by atoms with Crippen LogP contribution in [0, 0.1) is 5.92 Å². The normalized spacial score (nSPS) is 22.6. The molecule has 0 atom stereocenters. The first-order chi connectivity index (χ1) is 10.3. The fourth-order valence-corrected chi connectivity index (χ4v) is 4.20. The van der Waals surface area contributed by atoms with Crippen molar-refractivity contribution >= 4 is 28.6 Å². The number of fused-ring (bicyclic) bond motifs is 1. The van der Waals surface area contributed by atoms with Gasteiger partial charge in [0.15, 0.2) is 0 Å². The second-order valence-electron chi connectivity index (χ2n) is 5.88. The van der Waals surface area contributed by atoms with Gasteiger partial charge in [-0.2, -0.15) is 11.8 Å². The van der Waals surface area contributed by atoms with E-state index in [1.807, 2.05) is 6.20 Å². The second-order valence-corrected chi connectivity index (χ2v) is 7.20. The van der Waals surface area contributed by atoms with Gasteiger partial charge < -0.3 is 9.88 Å². The first-order valence-corrected chi connectivity index (χ1v) is 9.03. The molecular weight excluding hydrogens is 280 g/mol. The van der Waals surface area contributed by atoms with Crippen LogP contribution >= 0.6 is 11.8 Å². The molecule has 0 bridgehead atoms. The van der Waals surface area contributed by atoms with E-state index in [2.05, 4.69) is 51.7 Å². The van der Waals surface area contributed by atoms with Crippen molar-refractivity contribution in [3.8, 4) is 0 Å². The van der Waals surface area contributed by atoms with Crippen LogP contribution < -0.4 is 4.90 Å². The number of thioether (sulfide) groups is 1. The zero-order valence-corrected chi connectivity index (χ0v) is 13.7. The summed E-state index contributed by atoms with van der Waals surface area (Å²) in [6.45, 7) is 2.25. The van der Waals surface area contributed by atoms with Crippen LogP contribution in [-0.4, -0.2) is 39.5 Å². The summed E-state index contributed by atoms with van der Waals surface area (Å²) in [7, 11) is 2.18. The van der Waals surface area contributed by atoms with Gasteiger partial charge in [-0.3, -0.25) is 0 Å². The third kappa shape index (κ3) is 3.18. The van der Waals surface area contributed by atoms with Gasteiger partial charge in [0.2, 0.25) is 0 Å². The molecule has 0 saturated heterocycles. The molecule has 1 fully saturated rings. The number of rotatable bonds is 5. The molecule has 0 unspecified atom stereocenters. The molecule has 0 radical (unpaired) electrons. The molecule has 0 aliphatic heterocycles. The molecule has 3 rings (SSSR count). The predicted octanol–water partition coefficient (Wildman–Crippen LogP) is 3.71. The van der Waals surface area contributed by atoms with Crippen molar-refractivity contribution in [2.75, 3.05) is 23.5 Å². The smallest absolute Gasteiger partial charge is 0.142 e. The van der Waals surface area contributed by atoms with E-state index in [1.165, 1.54) is 37.2 Å². The van der Waals surface area contributed by atoms with Gasteiger partial charge in [-0.25, -0.2) is 9.97 Å². The standard InChI is InChI=1S/C16H24N4S/c1-3-21-10-12-4-6-13(7-5-12)20(2)16-14-8-9-17-15(14)18-11-19-16/h8-9,11-13H,3-7,10H2,1-2H3,(H,17,18,19). The summed E-state index contributed by atoms with van der Waals surface area (Å²) >= 11 is 2.09. The molecule has 2 aromatic rings. The van der Waals surface area contributed by atoms with Crippen LogP contribution in [0.25, 0.3) is 11.0 Å². The van der Waals surface area contributed by atoms with Gasteiger partial charge in [0, 0.05) is 19.3 Å². The molecule has 1 saturated carbocycles. The minimum Gasteiger partial charge on any atom is -0.356 e. The highest BCUT2D eigenvalue weighted by Crippen LogP contribution is 2.32. The molecule has 1 aliphatic rings. The molecule has 0 aromatic carbocycles. The topological polar surface area (TPSA) is 44.8 Å². The number of nitrogens with zero attached hydrogens (tertiary/aromatic N) is 3. The number of anilines is 1. The lowest BCUT2D eigenvalue weighted by atomic mass is 9.86. The Labute approximate surface area is 130 Å². The Kier molecular flexibility index (Phi) is 4.68. The van der Waals surface area contributed by atoms with Crippen LogP contribution in [0.3, 0.4) is 0 Å². The highest BCUT2D eigenvalue weighted by molar-refractivity contribution is 7.99. The molecule has 0 amide bonds. The maximum atomic E-state index is 4.51. The lowest BCUT2D eigenvalue weighted by Gasteiger charge is -2.35. The average molecular weight is 304 g/mol. The van der Waals surface area contributed by atoms with Crippen LogP contribution in [0.5, 0.6) is 0 Å². The maximum Gasteiger partial charge on any atom is 0.142 e. The Bertz CT molecular complexity index is 574. The average Bonchev–Trinajstić information content (AvgIpc) is 3.01. The minimum absolute atomic E-state index is 0.612. The third-order valence-corrected chi connectivity index (χ3v) is 5.70. The van der Waals surface area contributed by atoms with Gasteiger partial charge in [-0.15, -0.1) is 0 Å². The van der Waals surface area contributed by atoms with E-state index in [4.69, 9.17) is 0 Å². The molecule has 1 N–H and O–H groups in total. The molecule has 5 heteroatoms. The summed E-state index contributed by atoms with van der Waals surface area (Å²) in [5, 5.41) is 1.13. The summed E-state index contributed by atoms with van der Waals surface area (Å²) in [5.41, 5.74) is 0.930. The highest BCUT2D eigenvalue weighted by atomic mass is 32.2. The second kappa shape index (κ2) is 6.69. The predicted molar refractivity (Wildman–Crippen MR) is 91.0 cm³/mol. The summed E-state index contributed by atoms with van der Waals surface area (Å²) in [5.74, 6) is 4.55. The number of hydrogen-bond donors (Lipinski definition) is 1. The van der Waals surface area contributed by atoms with Gasteiger partial charge in [-0.05, 0) is 49.2 Å². The van der Waals surface area contributed by atoms with E-state index in [9.17, 15) is 0 Å². The van der Waals surface area contributed by atoms with Gasteiger partial charge in [-0.1, -0.05) is 6.92 Å². The summed E-state index contributed by atoms with van der Waals surface area (Å²) in [6.07, 6.45) is 8.86. The zero-order chi connectivity index (χ0) is 14.7. The Morgan fingerprint density at radius 3 is 2.86 bits per heavy atom. The molecular formula is C16H24N4S. The van der Waals surface area contributed by atoms with E-state index in [-0.39, 0.29) is 0 Å². The van der Waals surface area contributed by atoms with E-state index >= 15 is 0 Å². The first kappa shape index (κ1) is 14.7. The Hall–Kier alpha value is -1.23. The Balaban J connectivity index is 1.66. The van der Waals surface area contributed by atoms with Crippen molar-refractivity contribution in [1.82, 2.24) is 15.0 Å². The Morgan fingerprint density at radius 1 is 1.29 bits per heavy atom. The fraction of sp³-hybridized carbons (Fsp3) is 0.625. The number of H-pyrrole nitrogens is 1. The van der Waals surface area contributed by atoms with Crippen LogP contribution in [0.15, 0.2) is 18.6 Å². The summed E-state index contributed by atoms with van der Waals surface area (Å²) in [4.78, 5) is 14.3. The number of nitrogens with one attached hydrogen (secondary N) is 1. The van der Waals surface area contributed by atoms with Crippen LogP contribution in [0.2, 0.25) is 0 Å². The van der Waals surface area contributed by atoms with Crippen molar-refractivity contribution in [2.45, 2.75) is 38.6 Å². The van der Waals surface area contributed by atoms with Crippen molar-refractivity contribution in [2.24, 2.45) is 5.92 Å².